The molecule has 0 amide bonds. The molecule has 94 valence electrons. The largest absolute Gasteiger partial charge is 0.303 e. The molecule has 1 aliphatic rings. The molecule has 1 saturated carbocycles. The lowest BCUT2D eigenvalue weighted by atomic mass is 9.75. The third-order valence-corrected chi connectivity index (χ3v) is 4.04. The molecule has 1 aliphatic carbocycles. The molecule has 0 spiro atoms. The highest BCUT2D eigenvalue weighted by molar-refractivity contribution is 5.52. The minimum atomic E-state index is 0.343. The van der Waals surface area contributed by atoms with Gasteiger partial charge in [0.1, 0.15) is 6.29 Å². The van der Waals surface area contributed by atoms with E-state index in [4.69, 9.17) is 5.26 Å². The van der Waals surface area contributed by atoms with E-state index in [1.165, 1.54) is 37.7 Å². The summed E-state index contributed by atoms with van der Waals surface area (Å²) in [6.45, 7) is 0. The van der Waals surface area contributed by atoms with Crippen molar-refractivity contribution in [2.75, 3.05) is 0 Å². The van der Waals surface area contributed by atoms with Crippen molar-refractivity contribution in [1.82, 2.24) is 0 Å². The van der Waals surface area contributed by atoms with Crippen LogP contribution in [0.3, 0.4) is 0 Å². The summed E-state index contributed by atoms with van der Waals surface area (Å²) in [6.07, 6.45) is 8.02. The summed E-state index contributed by atoms with van der Waals surface area (Å²) in [5.74, 6) is 0.979. The lowest BCUT2D eigenvalue weighted by Gasteiger charge is -2.29. The molecular weight excluding hydrogens is 222 g/mol. The van der Waals surface area contributed by atoms with E-state index < -0.39 is 0 Å². The molecule has 0 N–H and O–H groups in total. The third kappa shape index (κ3) is 2.98. The molecule has 0 aromatic heterocycles. The van der Waals surface area contributed by atoms with Crippen molar-refractivity contribution < 1.29 is 4.79 Å². The number of nitriles is 1. The van der Waals surface area contributed by atoms with Crippen molar-refractivity contribution in [3.63, 3.8) is 0 Å². The number of benzene rings is 1. The van der Waals surface area contributed by atoms with Crippen molar-refractivity contribution >= 4 is 6.29 Å². The molecule has 2 nitrogen and oxygen atoms in total. The lowest BCUT2D eigenvalue weighted by Crippen LogP contribution is -2.17. The van der Waals surface area contributed by atoms with E-state index in [0.717, 1.165) is 6.29 Å². The number of hydrogen-bond donors (Lipinski definition) is 0. The second kappa shape index (κ2) is 6.35. The molecule has 0 heterocycles. The van der Waals surface area contributed by atoms with E-state index in [1.54, 1.807) is 0 Å². The zero-order chi connectivity index (χ0) is 12.8. The van der Waals surface area contributed by atoms with Crippen LogP contribution in [0.5, 0.6) is 0 Å². The minimum Gasteiger partial charge on any atom is -0.303 e. The van der Waals surface area contributed by atoms with E-state index in [1.807, 2.05) is 24.3 Å². The predicted molar refractivity (Wildman–Crippen MR) is 71.2 cm³/mol. The Kier molecular flexibility index (Phi) is 4.52. The van der Waals surface area contributed by atoms with Crippen molar-refractivity contribution in [3.05, 3.63) is 35.4 Å². The predicted octanol–water partition coefficient (Wildman–Crippen LogP) is 3.81. The number of hydrogen-bond acceptors (Lipinski definition) is 2. The Bertz CT molecular complexity index is 423. The summed E-state index contributed by atoms with van der Waals surface area (Å²) in [5, 5.41) is 8.81. The first-order chi connectivity index (χ1) is 8.85. The zero-order valence-corrected chi connectivity index (χ0v) is 10.6. The fourth-order valence-corrected chi connectivity index (χ4v) is 3.05. The van der Waals surface area contributed by atoms with Gasteiger partial charge in [-0.2, -0.15) is 5.26 Å². The summed E-state index contributed by atoms with van der Waals surface area (Å²) < 4.78 is 0. The summed E-state index contributed by atoms with van der Waals surface area (Å²) in [7, 11) is 0. The van der Waals surface area contributed by atoms with Crippen LogP contribution in [0, 0.1) is 17.2 Å². The van der Waals surface area contributed by atoms with Gasteiger partial charge in [-0.3, -0.25) is 0 Å². The van der Waals surface area contributed by atoms with Gasteiger partial charge in [0, 0.05) is 6.42 Å². The van der Waals surface area contributed by atoms with Crippen LogP contribution in [-0.2, 0) is 4.79 Å². The van der Waals surface area contributed by atoms with Gasteiger partial charge in [0.25, 0.3) is 0 Å². The van der Waals surface area contributed by atoms with Gasteiger partial charge in [-0.05, 0) is 42.4 Å². The fraction of sp³-hybridized carbons (Fsp3) is 0.500. The Balaban J connectivity index is 2.17. The van der Waals surface area contributed by atoms with E-state index in [2.05, 4.69) is 6.07 Å². The highest BCUT2D eigenvalue weighted by Gasteiger charge is 2.24. The molecule has 0 radical (unpaired) electrons. The normalized spacial score (nSPS) is 17.9. The molecule has 0 bridgehead atoms. The second-order valence-corrected chi connectivity index (χ2v) is 5.14. The molecule has 1 aromatic carbocycles. The fourth-order valence-electron chi connectivity index (χ4n) is 3.05. The maximum absolute atomic E-state index is 10.9. The number of carbonyl (C=O) groups is 1. The second-order valence-electron chi connectivity index (χ2n) is 5.14. The summed E-state index contributed by atoms with van der Waals surface area (Å²) in [4.78, 5) is 10.9. The summed E-state index contributed by atoms with van der Waals surface area (Å²) in [5.41, 5.74) is 1.90. The molecule has 0 unspecified atom stereocenters. The topological polar surface area (TPSA) is 40.9 Å². The van der Waals surface area contributed by atoms with Crippen molar-refractivity contribution in [1.29, 1.82) is 5.26 Å². The minimum absolute atomic E-state index is 0.343. The SMILES string of the molecule is N#Cc1ccc([C@H](CC=O)C2CCCCC2)cc1. The Labute approximate surface area is 109 Å². The highest BCUT2D eigenvalue weighted by Crippen LogP contribution is 2.37. The molecule has 2 rings (SSSR count). The smallest absolute Gasteiger partial charge is 0.120 e. The van der Waals surface area contributed by atoms with E-state index >= 15 is 0 Å². The first-order valence-corrected chi connectivity index (χ1v) is 6.79. The first kappa shape index (κ1) is 12.8. The van der Waals surface area contributed by atoms with Crippen LogP contribution in [0.4, 0.5) is 0 Å². The molecule has 2 heteroatoms. The van der Waals surface area contributed by atoms with Crippen LogP contribution in [0.15, 0.2) is 24.3 Å². The Morgan fingerprint density at radius 1 is 1.22 bits per heavy atom. The molecule has 0 saturated heterocycles. The average Bonchev–Trinajstić information content (AvgIpc) is 2.46. The molecule has 1 atom stereocenters. The Morgan fingerprint density at radius 3 is 2.44 bits per heavy atom. The average molecular weight is 241 g/mol. The van der Waals surface area contributed by atoms with E-state index in [0.29, 0.717) is 23.8 Å². The van der Waals surface area contributed by atoms with Crippen LogP contribution in [0.1, 0.15) is 55.6 Å². The van der Waals surface area contributed by atoms with Gasteiger partial charge in [0.2, 0.25) is 0 Å². The van der Waals surface area contributed by atoms with Gasteiger partial charge in [-0.1, -0.05) is 31.4 Å². The molecule has 0 aliphatic heterocycles. The third-order valence-electron chi connectivity index (χ3n) is 4.04. The van der Waals surface area contributed by atoms with Gasteiger partial charge < -0.3 is 4.79 Å². The van der Waals surface area contributed by atoms with Crippen LogP contribution in [0.25, 0.3) is 0 Å². The number of nitrogens with zero attached hydrogens (tertiary/aromatic N) is 1. The molecule has 1 fully saturated rings. The van der Waals surface area contributed by atoms with Gasteiger partial charge in [-0.25, -0.2) is 0 Å². The summed E-state index contributed by atoms with van der Waals surface area (Å²) in [6, 6.07) is 9.88. The molecular formula is C16H19NO. The van der Waals surface area contributed by atoms with Crippen LogP contribution < -0.4 is 0 Å². The summed E-state index contributed by atoms with van der Waals surface area (Å²) >= 11 is 0. The van der Waals surface area contributed by atoms with Crippen molar-refractivity contribution in [2.45, 2.75) is 44.4 Å². The maximum atomic E-state index is 10.9. The Hall–Kier alpha value is -1.62. The van der Waals surface area contributed by atoms with Crippen LogP contribution in [0.2, 0.25) is 0 Å². The number of aldehydes is 1. The zero-order valence-electron chi connectivity index (χ0n) is 10.6. The van der Waals surface area contributed by atoms with Crippen LogP contribution >= 0.6 is 0 Å². The molecule has 1 aromatic rings. The lowest BCUT2D eigenvalue weighted by molar-refractivity contribution is -0.108. The van der Waals surface area contributed by atoms with Crippen LogP contribution in [-0.4, -0.2) is 6.29 Å². The van der Waals surface area contributed by atoms with Gasteiger partial charge >= 0.3 is 0 Å². The Morgan fingerprint density at radius 2 is 1.89 bits per heavy atom. The van der Waals surface area contributed by atoms with Crippen molar-refractivity contribution in [2.24, 2.45) is 5.92 Å². The number of rotatable bonds is 4. The maximum Gasteiger partial charge on any atom is 0.120 e. The first-order valence-electron chi connectivity index (χ1n) is 6.79. The van der Waals surface area contributed by atoms with Gasteiger partial charge in [0.15, 0.2) is 0 Å². The highest BCUT2D eigenvalue weighted by atomic mass is 16.1. The van der Waals surface area contributed by atoms with Crippen molar-refractivity contribution in [3.8, 4) is 6.07 Å². The van der Waals surface area contributed by atoms with Gasteiger partial charge in [0.05, 0.1) is 11.6 Å². The standard InChI is InChI=1S/C16H19NO/c17-12-13-6-8-15(9-7-13)16(10-11-18)14-4-2-1-3-5-14/h6-9,11,14,16H,1-5,10H2/t16-/m1/s1. The van der Waals surface area contributed by atoms with Gasteiger partial charge in [-0.15, -0.1) is 0 Å². The quantitative estimate of drug-likeness (QED) is 0.752. The number of carbonyl (C=O) groups excluding carboxylic acids is 1. The monoisotopic (exact) mass is 241 g/mol. The molecule has 18 heavy (non-hydrogen) atoms. The van der Waals surface area contributed by atoms with E-state index in [-0.39, 0.29) is 0 Å². The van der Waals surface area contributed by atoms with E-state index in [9.17, 15) is 4.79 Å².